The van der Waals surface area contributed by atoms with Crippen LogP contribution in [-0.2, 0) is 6.42 Å². The Kier molecular flexibility index (Phi) is 2.59. The van der Waals surface area contributed by atoms with Gasteiger partial charge in [-0.3, -0.25) is 0 Å². The Labute approximate surface area is 118 Å². The van der Waals surface area contributed by atoms with Gasteiger partial charge in [-0.25, -0.2) is 4.98 Å². The molecule has 0 spiro atoms. The number of benzene rings is 1. The molecule has 4 heteroatoms. The molecule has 2 fully saturated rings. The van der Waals surface area contributed by atoms with Gasteiger partial charge in [0.1, 0.15) is 5.82 Å². The maximum atomic E-state index is 9.45. The van der Waals surface area contributed by atoms with Crippen LogP contribution in [0.25, 0.3) is 11.0 Å². The lowest BCUT2D eigenvalue weighted by Gasteiger charge is -2.26. The molecule has 1 heterocycles. The van der Waals surface area contributed by atoms with E-state index in [1.807, 2.05) is 6.07 Å². The van der Waals surface area contributed by atoms with Crippen LogP contribution in [0, 0.1) is 11.8 Å². The second-order valence-electron chi connectivity index (χ2n) is 5.98. The third-order valence-corrected chi connectivity index (χ3v) is 5.02. The van der Waals surface area contributed by atoms with Gasteiger partial charge in [-0.1, -0.05) is 24.2 Å². The van der Waals surface area contributed by atoms with E-state index in [4.69, 9.17) is 4.98 Å². The molecule has 1 N–H and O–H groups in total. The van der Waals surface area contributed by atoms with Crippen LogP contribution >= 0.6 is 0 Å². The molecule has 0 amide bonds. The van der Waals surface area contributed by atoms with Crippen molar-refractivity contribution in [3.8, 4) is 0 Å². The Hall–Kier alpha value is -1.84. The predicted octanol–water partition coefficient (Wildman–Crippen LogP) is 3.40. The van der Waals surface area contributed by atoms with E-state index in [1.54, 1.807) is 0 Å². The predicted molar refractivity (Wildman–Crippen MR) is 78.2 cm³/mol. The van der Waals surface area contributed by atoms with E-state index in [-0.39, 0.29) is 6.04 Å². The molecule has 1 aromatic carbocycles. The number of para-hydroxylation sites is 2. The summed E-state index contributed by atoms with van der Waals surface area (Å²) in [4.78, 5) is 4.75. The number of hydrogen-bond acceptors (Lipinski definition) is 3. The maximum Gasteiger partial charge on any atom is 0.110 e. The van der Waals surface area contributed by atoms with E-state index in [2.05, 4.69) is 34.8 Å². The first-order chi connectivity index (χ1) is 9.83. The molecule has 2 aliphatic carbocycles. The van der Waals surface area contributed by atoms with Crippen molar-refractivity contribution in [2.75, 3.05) is 0 Å². The Morgan fingerprint density at radius 2 is 2.20 bits per heavy atom. The zero-order valence-corrected chi connectivity index (χ0v) is 11.7. The lowest BCUT2D eigenvalue weighted by atomic mass is 9.92. The molecule has 104 valence electrons. The van der Waals surface area contributed by atoms with E-state index < -0.39 is 0 Å². The minimum absolute atomic E-state index is 0.209. The first-order valence-electron chi connectivity index (χ1n) is 7.51. The zero-order valence-electron chi connectivity index (χ0n) is 11.7. The summed E-state index contributed by atoms with van der Waals surface area (Å²) in [5.41, 5.74) is 3.19. The van der Waals surface area contributed by atoms with Crippen molar-refractivity contribution in [3.63, 3.8) is 0 Å². The summed E-state index contributed by atoms with van der Waals surface area (Å²) in [5.74, 6) is 2.18. The molecule has 0 radical (unpaired) electrons. The molecule has 4 nitrogen and oxygen atoms in total. The molecule has 2 bridgehead atoms. The van der Waals surface area contributed by atoms with Gasteiger partial charge in [-0.2, -0.15) is 0 Å². The highest BCUT2D eigenvalue weighted by Gasteiger charge is 2.47. The normalized spacial score (nSPS) is 30.6. The van der Waals surface area contributed by atoms with Gasteiger partial charge in [0.25, 0.3) is 0 Å². The molecule has 0 unspecified atom stereocenters. The molecule has 2 aliphatic rings. The topological polar surface area (TPSA) is 50.4 Å². The Balaban J connectivity index is 1.93. The average Bonchev–Trinajstić information content (AvgIpc) is 3.17. The van der Waals surface area contributed by atoms with Crippen LogP contribution in [0.15, 0.2) is 29.4 Å². The van der Waals surface area contributed by atoms with Crippen molar-refractivity contribution >= 4 is 16.7 Å². The number of hydrogen-bond donors (Lipinski definition) is 1. The van der Waals surface area contributed by atoms with E-state index in [0.717, 1.165) is 23.5 Å². The second-order valence-corrected chi connectivity index (χ2v) is 5.98. The number of aromatic nitrogens is 2. The van der Waals surface area contributed by atoms with E-state index in [0.29, 0.717) is 11.8 Å². The van der Waals surface area contributed by atoms with E-state index >= 15 is 0 Å². The van der Waals surface area contributed by atoms with Gasteiger partial charge in [-0.05, 0) is 37.3 Å². The standard InChI is InChI=1S/C16H19N3O/c1-2-14-17-12-5-3-4-6-13(12)19(14)16-11-8-7-10(9-11)15(16)18-20/h3-6,10-11,16,20H,2,7-9H2,1H3/b18-15+/t10-,11+,16-/m0/s1. The zero-order chi connectivity index (χ0) is 13.7. The van der Waals surface area contributed by atoms with E-state index in [1.165, 1.54) is 24.8 Å². The van der Waals surface area contributed by atoms with Crippen molar-refractivity contribution in [1.29, 1.82) is 0 Å². The molecule has 4 rings (SSSR count). The van der Waals surface area contributed by atoms with Crippen LogP contribution in [0.5, 0.6) is 0 Å². The Morgan fingerprint density at radius 1 is 1.35 bits per heavy atom. The summed E-state index contributed by atoms with van der Waals surface area (Å²) in [5, 5.41) is 13.1. The van der Waals surface area contributed by atoms with Crippen LogP contribution in [0.3, 0.4) is 0 Å². The van der Waals surface area contributed by atoms with Gasteiger partial charge in [0.2, 0.25) is 0 Å². The van der Waals surface area contributed by atoms with Crippen LogP contribution in [0.1, 0.15) is 38.1 Å². The van der Waals surface area contributed by atoms with Crippen LogP contribution in [0.2, 0.25) is 0 Å². The summed E-state index contributed by atoms with van der Waals surface area (Å²) in [7, 11) is 0. The molecule has 1 aromatic heterocycles. The van der Waals surface area contributed by atoms with Crippen molar-refractivity contribution in [2.24, 2.45) is 17.0 Å². The minimum Gasteiger partial charge on any atom is -0.411 e. The molecular formula is C16H19N3O. The summed E-state index contributed by atoms with van der Waals surface area (Å²) in [6.45, 7) is 2.14. The van der Waals surface area contributed by atoms with Crippen LogP contribution in [-0.4, -0.2) is 20.5 Å². The molecular weight excluding hydrogens is 250 g/mol. The molecule has 20 heavy (non-hydrogen) atoms. The number of imidazole rings is 1. The van der Waals surface area contributed by atoms with Crippen molar-refractivity contribution in [2.45, 2.75) is 38.6 Å². The van der Waals surface area contributed by atoms with Gasteiger partial charge in [0, 0.05) is 12.3 Å². The average molecular weight is 269 g/mol. The molecule has 2 saturated carbocycles. The second kappa shape index (κ2) is 4.33. The number of fused-ring (bicyclic) bond motifs is 3. The fraction of sp³-hybridized carbons (Fsp3) is 0.500. The number of aryl methyl sites for hydroxylation is 1. The van der Waals surface area contributed by atoms with Crippen molar-refractivity contribution in [1.82, 2.24) is 9.55 Å². The first-order valence-corrected chi connectivity index (χ1v) is 7.51. The lowest BCUT2D eigenvalue weighted by Crippen LogP contribution is -2.27. The summed E-state index contributed by atoms with van der Waals surface area (Å²) in [6, 6.07) is 8.49. The molecule has 3 atom stereocenters. The number of oxime groups is 1. The summed E-state index contributed by atoms with van der Waals surface area (Å²) in [6.07, 6.45) is 4.49. The van der Waals surface area contributed by atoms with E-state index in [9.17, 15) is 5.21 Å². The minimum atomic E-state index is 0.209. The Morgan fingerprint density at radius 3 is 3.00 bits per heavy atom. The van der Waals surface area contributed by atoms with Crippen molar-refractivity contribution < 1.29 is 5.21 Å². The van der Waals surface area contributed by atoms with Crippen molar-refractivity contribution in [3.05, 3.63) is 30.1 Å². The highest BCUT2D eigenvalue weighted by atomic mass is 16.4. The smallest absolute Gasteiger partial charge is 0.110 e. The van der Waals surface area contributed by atoms with Gasteiger partial charge in [0.15, 0.2) is 0 Å². The fourth-order valence-electron chi connectivity index (χ4n) is 4.19. The third-order valence-electron chi connectivity index (χ3n) is 5.02. The molecule has 0 saturated heterocycles. The monoisotopic (exact) mass is 269 g/mol. The highest BCUT2D eigenvalue weighted by Crippen LogP contribution is 2.50. The number of rotatable bonds is 2. The molecule has 2 aromatic rings. The SMILES string of the molecule is CCc1nc2ccccc2n1[C@@H]1/C(=N/O)[C@H]2CC[C@@H]1C2. The highest BCUT2D eigenvalue weighted by molar-refractivity contribution is 5.94. The van der Waals surface area contributed by atoms with Gasteiger partial charge >= 0.3 is 0 Å². The largest absolute Gasteiger partial charge is 0.411 e. The Bertz CT molecular complexity index is 688. The van der Waals surface area contributed by atoms with Gasteiger partial charge in [-0.15, -0.1) is 0 Å². The maximum absolute atomic E-state index is 9.45. The first kappa shape index (κ1) is 11.9. The van der Waals surface area contributed by atoms with Crippen LogP contribution < -0.4 is 0 Å². The van der Waals surface area contributed by atoms with Gasteiger partial charge in [0.05, 0.1) is 22.8 Å². The lowest BCUT2D eigenvalue weighted by molar-refractivity contribution is 0.307. The van der Waals surface area contributed by atoms with Crippen LogP contribution in [0.4, 0.5) is 0 Å². The quantitative estimate of drug-likeness (QED) is 0.671. The van der Waals surface area contributed by atoms with Gasteiger partial charge < -0.3 is 9.77 Å². The summed E-state index contributed by atoms with van der Waals surface area (Å²) < 4.78 is 2.33. The fourth-order valence-corrected chi connectivity index (χ4v) is 4.19. The number of nitrogens with zero attached hydrogens (tertiary/aromatic N) is 3. The summed E-state index contributed by atoms with van der Waals surface area (Å²) >= 11 is 0. The molecule has 0 aliphatic heterocycles. The third kappa shape index (κ3) is 1.48.